The van der Waals surface area contributed by atoms with Gasteiger partial charge in [-0.1, -0.05) is 19.9 Å². The fourth-order valence-electron chi connectivity index (χ4n) is 3.23. The number of anilines is 1. The number of rotatable bonds is 3. The van der Waals surface area contributed by atoms with Crippen molar-refractivity contribution in [1.29, 1.82) is 0 Å². The predicted molar refractivity (Wildman–Crippen MR) is 82.2 cm³/mol. The smallest absolute Gasteiger partial charge is 0.337 e. The maximum atomic E-state index is 11.4. The fourth-order valence-corrected chi connectivity index (χ4v) is 3.23. The quantitative estimate of drug-likeness (QED) is 0.892. The molecule has 2 N–H and O–H groups in total. The maximum Gasteiger partial charge on any atom is 0.337 e. The first-order valence-electron chi connectivity index (χ1n) is 7.60. The highest BCUT2D eigenvalue weighted by Gasteiger charge is 2.46. The number of carboxylic acids is 1. The summed E-state index contributed by atoms with van der Waals surface area (Å²) in [5.41, 5.74) is 0.780. The highest BCUT2D eigenvalue weighted by atomic mass is 16.5. The third kappa shape index (κ3) is 2.42. The summed E-state index contributed by atoms with van der Waals surface area (Å²) in [6.07, 6.45) is 0. The van der Waals surface area contributed by atoms with Crippen molar-refractivity contribution in [2.45, 2.75) is 32.7 Å². The lowest BCUT2D eigenvalue weighted by Gasteiger charge is -2.46. The number of para-hydroxylation sites is 1. The van der Waals surface area contributed by atoms with Crippen molar-refractivity contribution < 1.29 is 19.4 Å². The number of morpholine rings is 1. The monoisotopic (exact) mass is 306 g/mol. The second kappa shape index (κ2) is 5.44. The molecule has 6 nitrogen and oxygen atoms in total. The van der Waals surface area contributed by atoms with Gasteiger partial charge in [0, 0.05) is 19.5 Å². The van der Waals surface area contributed by atoms with Crippen LogP contribution in [0.5, 0.6) is 5.75 Å². The molecule has 1 aromatic carbocycles. The van der Waals surface area contributed by atoms with E-state index in [2.05, 4.69) is 24.1 Å². The molecule has 2 aliphatic rings. The van der Waals surface area contributed by atoms with Gasteiger partial charge >= 0.3 is 5.97 Å². The SMILES string of the molecule is CC(C)C1COCCN1[C@]1(C)Nc2c(cccc2C(=O)O)O1. The number of benzene rings is 1. The molecule has 1 fully saturated rings. The minimum Gasteiger partial charge on any atom is -0.478 e. The zero-order valence-corrected chi connectivity index (χ0v) is 13.1. The first kappa shape index (κ1) is 15.1. The lowest BCUT2D eigenvalue weighted by molar-refractivity contribution is -0.130. The summed E-state index contributed by atoms with van der Waals surface area (Å²) in [6, 6.07) is 5.30. The van der Waals surface area contributed by atoms with Gasteiger partial charge in [-0.15, -0.1) is 0 Å². The summed E-state index contributed by atoms with van der Waals surface area (Å²) >= 11 is 0. The molecule has 0 amide bonds. The van der Waals surface area contributed by atoms with E-state index in [0.717, 1.165) is 6.54 Å². The van der Waals surface area contributed by atoms with Gasteiger partial charge in [0.05, 0.1) is 24.5 Å². The number of nitrogens with one attached hydrogen (secondary N) is 1. The predicted octanol–water partition coefficient (Wildman–Crippen LogP) is 2.22. The molecule has 0 radical (unpaired) electrons. The topological polar surface area (TPSA) is 71.0 Å². The van der Waals surface area contributed by atoms with E-state index in [4.69, 9.17) is 9.47 Å². The van der Waals surface area contributed by atoms with Crippen LogP contribution in [0.15, 0.2) is 18.2 Å². The standard InChI is InChI=1S/C16H22N2O4/c1-10(2)12-9-21-8-7-18(12)16(3)17-14-11(15(19)20)5-4-6-13(14)22-16/h4-6,10,12,17H,7-9H2,1-3H3,(H,19,20)/t12?,16-/m0/s1. The molecule has 22 heavy (non-hydrogen) atoms. The van der Waals surface area contributed by atoms with Gasteiger partial charge < -0.3 is 19.9 Å². The molecule has 2 atom stereocenters. The number of carboxylic acid groups (broad SMARTS) is 1. The number of carbonyl (C=O) groups is 1. The van der Waals surface area contributed by atoms with Crippen molar-refractivity contribution in [1.82, 2.24) is 4.90 Å². The van der Waals surface area contributed by atoms with Crippen LogP contribution >= 0.6 is 0 Å². The summed E-state index contributed by atoms with van der Waals surface area (Å²) < 4.78 is 11.7. The van der Waals surface area contributed by atoms with Gasteiger partial charge in [0.2, 0.25) is 5.85 Å². The lowest BCUT2D eigenvalue weighted by Crippen LogP contribution is -2.63. The molecule has 120 valence electrons. The molecule has 0 bridgehead atoms. The van der Waals surface area contributed by atoms with E-state index < -0.39 is 11.8 Å². The van der Waals surface area contributed by atoms with Crippen molar-refractivity contribution in [3.05, 3.63) is 23.8 Å². The van der Waals surface area contributed by atoms with Gasteiger partial charge in [0.25, 0.3) is 0 Å². The Hall–Kier alpha value is -1.79. The fraction of sp³-hybridized carbons (Fsp3) is 0.562. The van der Waals surface area contributed by atoms with Crippen molar-refractivity contribution in [2.24, 2.45) is 5.92 Å². The van der Waals surface area contributed by atoms with Gasteiger partial charge in [-0.05, 0) is 18.1 Å². The van der Waals surface area contributed by atoms with Gasteiger partial charge in [-0.3, -0.25) is 0 Å². The Morgan fingerprint density at radius 1 is 1.50 bits per heavy atom. The van der Waals surface area contributed by atoms with Crippen LogP contribution in [-0.4, -0.2) is 47.6 Å². The van der Waals surface area contributed by atoms with Crippen LogP contribution in [0.1, 0.15) is 31.1 Å². The van der Waals surface area contributed by atoms with Crippen LogP contribution in [0, 0.1) is 5.92 Å². The summed E-state index contributed by atoms with van der Waals surface area (Å²) in [4.78, 5) is 13.6. The van der Waals surface area contributed by atoms with Crippen molar-refractivity contribution in [3.63, 3.8) is 0 Å². The van der Waals surface area contributed by atoms with Crippen LogP contribution in [0.2, 0.25) is 0 Å². The molecule has 0 spiro atoms. The Morgan fingerprint density at radius 3 is 2.95 bits per heavy atom. The van der Waals surface area contributed by atoms with Gasteiger partial charge in [0.1, 0.15) is 5.75 Å². The van der Waals surface area contributed by atoms with Crippen LogP contribution in [-0.2, 0) is 4.74 Å². The summed E-state index contributed by atoms with van der Waals surface area (Å²) in [6.45, 7) is 8.29. The van der Waals surface area contributed by atoms with Crippen molar-refractivity contribution >= 4 is 11.7 Å². The van der Waals surface area contributed by atoms with E-state index in [1.165, 1.54) is 0 Å². The number of fused-ring (bicyclic) bond motifs is 1. The highest BCUT2D eigenvalue weighted by Crippen LogP contribution is 2.42. The van der Waals surface area contributed by atoms with E-state index >= 15 is 0 Å². The van der Waals surface area contributed by atoms with Crippen LogP contribution in [0.25, 0.3) is 0 Å². The molecule has 1 aromatic rings. The third-order valence-electron chi connectivity index (χ3n) is 4.41. The average Bonchev–Trinajstić information content (AvgIpc) is 2.84. The zero-order valence-electron chi connectivity index (χ0n) is 13.1. The normalized spacial score (nSPS) is 28.1. The molecular formula is C16H22N2O4. The van der Waals surface area contributed by atoms with Crippen molar-refractivity contribution in [2.75, 3.05) is 25.1 Å². The molecule has 0 aromatic heterocycles. The molecular weight excluding hydrogens is 284 g/mol. The Labute approximate surface area is 130 Å². The number of hydrogen-bond donors (Lipinski definition) is 2. The molecule has 2 aliphatic heterocycles. The number of nitrogens with zero attached hydrogens (tertiary/aromatic N) is 1. The molecule has 2 heterocycles. The van der Waals surface area contributed by atoms with Crippen molar-refractivity contribution in [3.8, 4) is 5.75 Å². The van der Waals surface area contributed by atoms with E-state index in [9.17, 15) is 9.90 Å². The van der Waals surface area contributed by atoms with E-state index in [1.807, 2.05) is 6.92 Å². The van der Waals surface area contributed by atoms with Gasteiger partial charge in [0.15, 0.2) is 0 Å². The molecule has 3 rings (SSSR count). The van der Waals surface area contributed by atoms with E-state index in [0.29, 0.717) is 30.6 Å². The van der Waals surface area contributed by atoms with Crippen LogP contribution in [0.4, 0.5) is 5.69 Å². The summed E-state index contributed by atoms with van der Waals surface area (Å²) in [5, 5.41) is 12.6. The zero-order chi connectivity index (χ0) is 15.9. The summed E-state index contributed by atoms with van der Waals surface area (Å²) in [5.74, 6) is -0.728. The molecule has 1 saturated heterocycles. The molecule has 0 saturated carbocycles. The average molecular weight is 306 g/mol. The van der Waals surface area contributed by atoms with E-state index in [1.54, 1.807) is 18.2 Å². The largest absolute Gasteiger partial charge is 0.478 e. The first-order chi connectivity index (χ1) is 10.4. The van der Waals surface area contributed by atoms with Crippen LogP contribution < -0.4 is 10.1 Å². The first-order valence-corrected chi connectivity index (χ1v) is 7.60. The second-order valence-electron chi connectivity index (χ2n) is 6.27. The Bertz CT molecular complexity index is 590. The molecule has 6 heteroatoms. The maximum absolute atomic E-state index is 11.4. The second-order valence-corrected chi connectivity index (χ2v) is 6.27. The number of aromatic carboxylic acids is 1. The third-order valence-corrected chi connectivity index (χ3v) is 4.41. The Balaban J connectivity index is 1.92. The number of ether oxygens (including phenoxy) is 2. The lowest BCUT2D eigenvalue weighted by atomic mass is 10.0. The molecule has 0 aliphatic carbocycles. The molecule has 1 unspecified atom stereocenters. The Kier molecular flexibility index (Phi) is 3.74. The van der Waals surface area contributed by atoms with E-state index in [-0.39, 0.29) is 11.6 Å². The van der Waals surface area contributed by atoms with Gasteiger partial charge in [-0.2, -0.15) is 0 Å². The van der Waals surface area contributed by atoms with Gasteiger partial charge in [-0.25, -0.2) is 9.69 Å². The minimum atomic E-state index is -0.959. The Morgan fingerprint density at radius 2 is 2.27 bits per heavy atom. The highest BCUT2D eigenvalue weighted by molar-refractivity contribution is 5.96. The number of hydrogen-bond acceptors (Lipinski definition) is 5. The van der Waals surface area contributed by atoms with Crippen LogP contribution in [0.3, 0.4) is 0 Å². The minimum absolute atomic E-state index is 0.217. The summed E-state index contributed by atoms with van der Waals surface area (Å²) in [7, 11) is 0.